The van der Waals surface area contributed by atoms with Crippen molar-refractivity contribution in [1.82, 2.24) is 0 Å². The van der Waals surface area contributed by atoms with Crippen molar-refractivity contribution in [3.8, 4) is 5.75 Å². The minimum Gasteiger partial charge on any atom is -0.465 e. The first-order valence-corrected chi connectivity index (χ1v) is 8.97. The highest BCUT2D eigenvalue weighted by molar-refractivity contribution is 5.99. The van der Waals surface area contributed by atoms with Gasteiger partial charge in [-0.05, 0) is 48.9 Å². The van der Waals surface area contributed by atoms with E-state index in [0.717, 1.165) is 6.07 Å². The Kier molecular flexibility index (Phi) is 6.20. The van der Waals surface area contributed by atoms with E-state index in [1.54, 1.807) is 48.5 Å². The largest absolute Gasteiger partial charge is 0.465 e. The number of rotatable bonds is 4. The van der Waals surface area contributed by atoms with Gasteiger partial charge in [0.05, 0.1) is 18.4 Å². The van der Waals surface area contributed by atoms with Crippen LogP contribution in [0.4, 0.5) is 18.9 Å². The van der Waals surface area contributed by atoms with Crippen LogP contribution in [-0.4, -0.2) is 19.0 Å². The summed E-state index contributed by atoms with van der Waals surface area (Å²) in [5.41, 5.74) is 0.0204. The van der Waals surface area contributed by atoms with Gasteiger partial charge in [0.2, 0.25) is 5.90 Å². The van der Waals surface area contributed by atoms with E-state index in [-0.39, 0.29) is 28.5 Å². The molecule has 154 valence electrons. The van der Waals surface area contributed by atoms with Crippen molar-refractivity contribution < 1.29 is 27.4 Å². The first-order chi connectivity index (χ1) is 14.3. The molecule has 0 saturated heterocycles. The SMILES string of the molecule is COC(=O)c1ccccc1OC(=Nc1cccc(C(F)(F)F)c1C)c1ccccc1. The van der Waals surface area contributed by atoms with E-state index >= 15 is 0 Å². The number of hydrogen-bond acceptors (Lipinski definition) is 4. The number of aliphatic imine (C=N–C) groups is 1. The number of hydrogen-bond donors (Lipinski definition) is 0. The summed E-state index contributed by atoms with van der Waals surface area (Å²) in [6, 6.07) is 18.9. The van der Waals surface area contributed by atoms with Crippen molar-refractivity contribution in [2.45, 2.75) is 13.1 Å². The molecule has 0 fully saturated rings. The van der Waals surface area contributed by atoms with E-state index in [2.05, 4.69) is 4.99 Å². The number of carbonyl (C=O) groups is 1. The van der Waals surface area contributed by atoms with Gasteiger partial charge in [0.1, 0.15) is 11.3 Å². The van der Waals surface area contributed by atoms with E-state index in [1.807, 2.05) is 0 Å². The molecule has 7 heteroatoms. The van der Waals surface area contributed by atoms with Crippen LogP contribution in [0.3, 0.4) is 0 Å². The molecule has 0 unspecified atom stereocenters. The third kappa shape index (κ3) is 4.68. The molecule has 3 aromatic rings. The minimum atomic E-state index is -4.50. The van der Waals surface area contributed by atoms with Gasteiger partial charge < -0.3 is 9.47 Å². The zero-order chi connectivity index (χ0) is 21.7. The molecule has 0 saturated carbocycles. The number of halogens is 3. The second-order valence-corrected chi connectivity index (χ2v) is 6.32. The number of para-hydroxylation sites is 1. The zero-order valence-corrected chi connectivity index (χ0v) is 16.2. The molecule has 0 heterocycles. The summed E-state index contributed by atoms with van der Waals surface area (Å²) in [5.74, 6) is -0.376. The Hall–Kier alpha value is -3.61. The number of esters is 1. The summed E-state index contributed by atoms with van der Waals surface area (Å²) in [4.78, 5) is 16.4. The maximum atomic E-state index is 13.3. The van der Waals surface area contributed by atoms with Crippen LogP contribution in [0.1, 0.15) is 27.0 Å². The number of alkyl halides is 3. The Bertz CT molecular complexity index is 1080. The molecule has 0 spiro atoms. The van der Waals surface area contributed by atoms with Gasteiger partial charge >= 0.3 is 12.1 Å². The third-order valence-corrected chi connectivity index (χ3v) is 4.35. The summed E-state index contributed by atoms with van der Waals surface area (Å²) in [7, 11) is 1.25. The lowest BCUT2D eigenvalue weighted by molar-refractivity contribution is -0.138. The van der Waals surface area contributed by atoms with Crippen molar-refractivity contribution in [2.75, 3.05) is 7.11 Å². The van der Waals surface area contributed by atoms with Crippen molar-refractivity contribution in [3.63, 3.8) is 0 Å². The topological polar surface area (TPSA) is 47.9 Å². The van der Waals surface area contributed by atoms with E-state index in [9.17, 15) is 18.0 Å². The van der Waals surface area contributed by atoms with Gasteiger partial charge in [-0.15, -0.1) is 0 Å². The van der Waals surface area contributed by atoms with Crippen LogP contribution in [-0.2, 0) is 10.9 Å². The van der Waals surface area contributed by atoms with Gasteiger partial charge in [-0.2, -0.15) is 13.2 Å². The fourth-order valence-corrected chi connectivity index (χ4v) is 2.83. The molecule has 0 radical (unpaired) electrons. The molecule has 0 aliphatic carbocycles. The normalized spacial score (nSPS) is 11.8. The summed E-state index contributed by atoms with van der Waals surface area (Å²) < 4.78 is 50.5. The number of ether oxygens (including phenoxy) is 2. The van der Waals surface area contributed by atoms with Gasteiger partial charge in [0.25, 0.3) is 0 Å². The van der Waals surface area contributed by atoms with Crippen LogP contribution < -0.4 is 4.74 Å². The molecule has 0 amide bonds. The number of carbonyl (C=O) groups excluding carboxylic acids is 1. The van der Waals surface area contributed by atoms with E-state index in [4.69, 9.17) is 9.47 Å². The number of benzene rings is 3. The Morgan fingerprint density at radius 1 is 0.900 bits per heavy atom. The van der Waals surface area contributed by atoms with Crippen molar-refractivity contribution >= 4 is 17.6 Å². The van der Waals surface area contributed by atoms with Crippen LogP contribution in [0.25, 0.3) is 0 Å². The van der Waals surface area contributed by atoms with Crippen LogP contribution in [0.15, 0.2) is 77.8 Å². The highest BCUT2D eigenvalue weighted by Crippen LogP contribution is 2.36. The van der Waals surface area contributed by atoms with Crippen LogP contribution in [0.5, 0.6) is 5.75 Å². The van der Waals surface area contributed by atoms with Crippen molar-refractivity contribution in [2.24, 2.45) is 4.99 Å². The average molecular weight is 413 g/mol. The second kappa shape index (κ2) is 8.82. The summed E-state index contributed by atoms with van der Waals surface area (Å²) in [6.45, 7) is 1.35. The molecular weight excluding hydrogens is 395 g/mol. The van der Waals surface area contributed by atoms with E-state index in [1.165, 1.54) is 32.2 Å². The Morgan fingerprint density at radius 2 is 1.57 bits per heavy atom. The Labute approximate surface area is 171 Å². The molecule has 3 rings (SSSR count). The van der Waals surface area contributed by atoms with Gasteiger partial charge in [-0.3, -0.25) is 0 Å². The van der Waals surface area contributed by atoms with Gasteiger partial charge in [0, 0.05) is 5.56 Å². The molecule has 3 aromatic carbocycles. The smallest absolute Gasteiger partial charge is 0.416 e. The predicted octanol–water partition coefficient (Wildman–Crippen LogP) is 5.96. The molecule has 0 aliphatic heterocycles. The van der Waals surface area contributed by atoms with Crippen LogP contribution in [0, 0.1) is 6.92 Å². The predicted molar refractivity (Wildman–Crippen MR) is 107 cm³/mol. The highest BCUT2D eigenvalue weighted by atomic mass is 19.4. The molecule has 0 aromatic heterocycles. The van der Waals surface area contributed by atoms with Gasteiger partial charge in [-0.1, -0.05) is 36.4 Å². The van der Waals surface area contributed by atoms with Gasteiger partial charge in [-0.25, -0.2) is 9.79 Å². The summed E-state index contributed by atoms with van der Waals surface area (Å²) in [6.07, 6.45) is -4.50. The van der Waals surface area contributed by atoms with Crippen LogP contribution in [0.2, 0.25) is 0 Å². The molecule has 0 atom stereocenters. The standard InChI is InChI=1S/C23H18F3NO3/c1-15-18(23(24,25)26)12-8-13-19(15)27-21(16-9-4-3-5-10-16)30-20-14-7-6-11-17(20)22(28)29-2/h3-14H,1-2H3. The highest BCUT2D eigenvalue weighted by Gasteiger charge is 2.33. The first kappa shape index (κ1) is 21.1. The first-order valence-electron chi connectivity index (χ1n) is 8.97. The van der Waals surface area contributed by atoms with E-state index in [0.29, 0.717) is 5.56 Å². The quantitative estimate of drug-likeness (QED) is 0.301. The lowest BCUT2D eigenvalue weighted by Crippen LogP contribution is -2.14. The Balaban J connectivity index is 2.12. The maximum Gasteiger partial charge on any atom is 0.416 e. The van der Waals surface area contributed by atoms with Crippen molar-refractivity contribution in [3.05, 3.63) is 95.1 Å². The fraction of sp³-hybridized carbons (Fsp3) is 0.130. The van der Waals surface area contributed by atoms with Crippen molar-refractivity contribution in [1.29, 1.82) is 0 Å². The minimum absolute atomic E-state index is 0.0247. The zero-order valence-electron chi connectivity index (χ0n) is 16.2. The van der Waals surface area contributed by atoms with Crippen LogP contribution >= 0.6 is 0 Å². The van der Waals surface area contributed by atoms with Gasteiger partial charge in [0.15, 0.2) is 0 Å². The number of methoxy groups -OCH3 is 1. The molecule has 4 nitrogen and oxygen atoms in total. The number of nitrogens with zero attached hydrogens (tertiary/aromatic N) is 1. The summed E-state index contributed by atoms with van der Waals surface area (Å²) >= 11 is 0. The fourth-order valence-electron chi connectivity index (χ4n) is 2.83. The lowest BCUT2D eigenvalue weighted by Gasteiger charge is -2.15. The molecular formula is C23H18F3NO3. The second-order valence-electron chi connectivity index (χ2n) is 6.32. The molecule has 30 heavy (non-hydrogen) atoms. The molecule has 0 aliphatic rings. The lowest BCUT2D eigenvalue weighted by atomic mass is 10.1. The third-order valence-electron chi connectivity index (χ3n) is 4.35. The Morgan fingerprint density at radius 3 is 2.23 bits per heavy atom. The maximum absolute atomic E-state index is 13.3. The molecule has 0 bridgehead atoms. The van der Waals surface area contributed by atoms with E-state index < -0.39 is 17.7 Å². The summed E-state index contributed by atoms with van der Waals surface area (Å²) in [5, 5.41) is 0. The monoisotopic (exact) mass is 413 g/mol. The average Bonchev–Trinajstić information content (AvgIpc) is 2.74. The molecule has 0 N–H and O–H groups in total.